The Morgan fingerprint density at radius 1 is 1.33 bits per heavy atom. The summed E-state index contributed by atoms with van der Waals surface area (Å²) in [7, 11) is 0. The lowest BCUT2D eigenvalue weighted by atomic mass is 9.77. The van der Waals surface area contributed by atoms with Crippen LogP contribution in [0.4, 0.5) is 0 Å². The van der Waals surface area contributed by atoms with Crippen LogP contribution in [0.1, 0.15) is 27.7 Å². The molecule has 1 aliphatic carbocycles. The molecule has 0 heterocycles. The third-order valence-corrected chi connectivity index (χ3v) is 2.94. The van der Waals surface area contributed by atoms with Crippen LogP contribution in [0.25, 0.3) is 0 Å². The van der Waals surface area contributed by atoms with Gasteiger partial charge in [0.1, 0.15) is 0 Å². The molecule has 3 nitrogen and oxygen atoms in total. The second-order valence-corrected chi connectivity index (χ2v) is 4.72. The largest absolute Gasteiger partial charge is 0.360 e. The van der Waals surface area contributed by atoms with Crippen molar-refractivity contribution in [2.75, 3.05) is 0 Å². The zero-order chi connectivity index (χ0) is 11.6. The zero-order valence-electron chi connectivity index (χ0n) is 9.77. The van der Waals surface area contributed by atoms with E-state index >= 15 is 0 Å². The quantitative estimate of drug-likeness (QED) is 0.429. The van der Waals surface area contributed by atoms with Crippen LogP contribution in [0.3, 0.4) is 0 Å². The van der Waals surface area contributed by atoms with Crippen molar-refractivity contribution in [1.82, 2.24) is 0 Å². The average Bonchev–Trinajstić information content (AvgIpc) is 2.17. The summed E-state index contributed by atoms with van der Waals surface area (Å²) in [5.74, 6) is -1.46. The van der Waals surface area contributed by atoms with Crippen molar-refractivity contribution in [3.05, 3.63) is 23.8 Å². The van der Waals surface area contributed by atoms with Gasteiger partial charge in [0.25, 0.3) is 0 Å². The Hall–Kier alpha value is -0.640. The topological polar surface area (TPSA) is 49.7 Å². The Kier molecular flexibility index (Phi) is 3.71. The van der Waals surface area contributed by atoms with Crippen molar-refractivity contribution in [1.29, 1.82) is 0 Å². The molecule has 0 aromatic carbocycles. The summed E-state index contributed by atoms with van der Waals surface area (Å²) in [5, 5.41) is 19.3. The molecule has 2 unspecified atom stereocenters. The van der Waals surface area contributed by atoms with Gasteiger partial charge in [-0.1, -0.05) is 45.9 Å². The molecule has 0 radical (unpaired) electrons. The highest BCUT2D eigenvalue weighted by atomic mass is 17.1. The van der Waals surface area contributed by atoms with Gasteiger partial charge in [-0.2, -0.15) is 4.89 Å². The van der Waals surface area contributed by atoms with Gasteiger partial charge in [-0.05, 0) is 17.4 Å². The van der Waals surface area contributed by atoms with Crippen LogP contribution >= 0.6 is 0 Å². The lowest BCUT2D eigenvalue weighted by molar-refractivity contribution is -0.393. The summed E-state index contributed by atoms with van der Waals surface area (Å²) in [6, 6.07) is 0. The van der Waals surface area contributed by atoms with Crippen LogP contribution in [0, 0.1) is 17.8 Å². The van der Waals surface area contributed by atoms with Gasteiger partial charge in [-0.25, -0.2) is 5.26 Å². The van der Waals surface area contributed by atoms with E-state index in [1.54, 1.807) is 6.08 Å². The van der Waals surface area contributed by atoms with E-state index in [9.17, 15) is 5.11 Å². The number of allylic oxidation sites excluding steroid dienone is 2. The molecule has 86 valence electrons. The molecule has 1 rings (SSSR count). The molecule has 2 N–H and O–H groups in total. The highest BCUT2D eigenvalue weighted by molar-refractivity contribution is 5.29. The van der Waals surface area contributed by atoms with E-state index in [0.717, 1.165) is 0 Å². The van der Waals surface area contributed by atoms with Crippen LogP contribution in [-0.2, 0) is 4.89 Å². The molecule has 1 aliphatic rings. The maximum Gasteiger partial charge on any atom is 0.228 e. The second kappa shape index (κ2) is 4.47. The Balaban J connectivity index is 3.09. The minimum atomic E-state index is -1.57. The molecular formula is C12H20O3. The predicted octanol–water partition coefficient (Wildman–Crippen LogP) is 2.59. The van der Waals surface area contributed by atoms with E-state index in [1.165, 1.54) is 0 Å². The van der Waals surface area contributed by atoms with Crippen molar-refractivity contribution in [3.8, 4) is 0 Å². The molecular weight excluding hydrogens is 192 g/mol. The number of hydrogen-bond donors (Lipinski definition) is 2. The molecule has 0 aliphatic heterocycles. The average molecular weight is 212 g/mol. The summed E-state index contributed by atoms with van der Waals surface area (Å²) in [6.45, 7) is 7.91. The molecule has 0 fully saturated rings. The fraction of sp³-hybridized carbons (Fsp3) is 0.667. The monoisotopic (exact) mass is 212 g/mol. The van der Waals surface area contributed by atoms with Gasteiger partial charge in [0.2, 0.25) is 5.79 Å². The van der Waals surface area contributed by atoms with Crippen LogP contribution < -0.4 is 0 Å². The first-order valence-electron chi connectivity index (χ1n) is 5.37. The third-order valence-electron chi connectivity index (χ3n) is 2.94. The lowest BCUT2D eigenvalue weighted by Crippen LogP contribution is -2.46. The van der Waals surface area contributed by atoms with Crippen LogP contribution in [0.15, 0.2) is 23.8 Å². The van der Waals surface area contributed by atoms with E-state index in [4.69, 9.17) is 5.26 Å². The molecule has 0 spiro atoms. The Morgan fingerprint density at radius 3 is 2.33 bits per heavy atom. The lowest BCUT2D eigenvalue weighted by Gasteiger charge is -2.39. The molecule has 0 aromatic heterocycles. The minimum absolute atomic E-state index is 0.133. The smallest absolute Gasteiger partial charge is 0.228 e. The summed E-state index contributed by atoms with van der Waals surface area (Å²) in [6.07, 6.45) is 5.58. The number of hydrogen-bond acceptors (Lipinski definition) is 3. The van der Waals surface area contributed by atoms with Crippen LogP contribution in [0.2, 0.25) is 0 Å². The third kappa shape index (κ3) is 2.14. The Labute approximate surface area is 91.0 Å². The van der Waals surface area contributed by atoms with Crippen molar-refractivity contribution in [2.24, 2.45) is 17.8 Å². The first-order valence-corrected chi connectivity index (χ1v) is 5.37. The number of aliphatic hydroxyl groups is 1. The summed E-state index contributed by atoms with van der Waals surface area (Å²) < 4.78 is 0. The highest BCUT2D eigenvalue weighted by Gasteiger charge is 2.44. The van der Waals surface area contributed by atoms with Crippen molar-refractivity contribution in [3.63, 3.8) is 0 Å². The van der Waals surface area contributed by atoms with Crippen molar-refractivity contribution < 1.29 is 15.3 Å². The molecule has 15 heavy (non-hydrogen) atoms. The van der Waals surface area contributed by atoms with Gasteiger partial charge in [0.15, 0.2) is 0 Å². The maximum absolute atomic E-state index is 10.3. The van der Waals surface area contributed by atoms with Crippen LogP contribution in [-0.4, -0.2) is 16.2 Å². The van der Waals surface area contributed by atoms with Crippen LogP contribution in [0.5, 0.6) is 0 Å². The first-order chi connectivity index (χ1) is 6.93. The molecule has 3 heteroatoms. The van der Waals surface area contributed by atoms with E-state index in [2.05, 4.69) is 4.89 Å². The van der Waals surface area contributed by atoms with E-state index in [-0.39, 0.29) is 17.8 Å². The van der Waals surface area contributed by atoms with E-state index < -0.39 is 5.79 Å². The predicted molar refractivity (Wildman–Crippen MR) is 59.1 cm³/mol. The van der Waals surface area contributed by atoms with Gasteiger partial charge in [0.05, 0.1) is 0 Å². The van der Waals surface area contributed by atoms with Crippen molar-refractivity contribution in [2.45, 2.75) is 33.5 Å². The Bertz CT molecular complexity index is 279. The molecule has 0 saturated heterocycles. The zero-order valence-corrected chi connectivity index (χ0v) is 9.77. The highest BCUT2D eigenvalue weighted by Crippen LogP contribution is 2.39. The molecule has 2 atom stereocenters. The molecule has 0 aromatic rings. The van der Waals surface area contributed by atoms with Gasteiger partial charge in [-0.3, -0.25) is 0 Å². The number of rotatable bonds is 3. The SMILES string of the molecule is CC(C)C1=CC=CC(C(C)C)C1(O)OO. The molecule has 0 saturated carbocycles. The maximum atomic E-state index is 10.3. The Morgan fingerprint density at radius 2 is 1.93 bits per heavy atom. The van der Waals surface area contributed by atoms with E-state index in [1.807, 2.05) is 39.8 Å². The standard InChI is InChI=1S/C12H20O3/c1-8(2)10-6-5-7-11(9(3)4)12(10,13)15-14/h5-10,13-14H,1-4H3. The fourth-order valence-corrected chi connectivity index (χ4v) is 2.11. The summed E-state index contributed by atoms with van der Waals surface area (Å²) in [4.78, 5) is 4.36. The van der Waals surface area contributed by atoms with E-state index in [0.29, 0.717) is 5.57 Å². The normalized spacial score (nSPS) is 31.2. The van der Waals surface area contributed by atoms with Crippen molar-refractivity contribution >= 4 is 0 Å². The molecule has 0 bridgehead atoms. The van der Waals surface area contributed by atoms with Gasteiger partial charge >= 0.3 is 0 Å². The fourth-order valence-electron chi connectivity index (χ4n) is 2.11. The summed E-state index contributed by atoms with van der Waals surface area (Å²) >= 11 is 0. The van der Waals surface area contributed by atoms with Gasteiger partial charge < -0.3 is 5.11 Å². The summed E-state index contributed by atoms with van der Waals surface area (Å²) in [5.41, 5.74) is 0.714. The molecule has 0 amide bonds. The minimum Gasteiger partial charge on any atom is -0.360 e. The van der Waals surface area contributed by atoms with Gasteiger partial charge in [0, 0.05) is 5.92 Å². The second-order valence-electron chi connectivity index (χ2n) is 4.72. The first kappa shape index (κ1) is 12.4. The van der Waals surface area contributed by atoms with Gasteiger partial charge in [-0.15, -0.1) is 0 Å².